The lowest BCUT2D eigenvalue weighted by molar-refractivity contribution is 0.0949. The fourth-order valence-corrected chi connectivity index (χ4v) is 5.62. The first-order valence-electron chi connectivity index (χ1n) is 13.7. The van der Waals surface area contributed by atoms with Gasteiger partial charge in [-0.3, -0.25) is 9.59 Å². The molecule has 2 amide bonds. The molecule has 5 heteroatoms. The van der Waals surface area contributed by atoms with Crippen molar-refractivity contribution in [1.29, 1.82) is 0 Å². The summed E-state index contributed by atoms with van der Waals surface area (Å²) in [5, 5.41) is 5.45. The Morgan fingerprint density at radius 3 is 2.48 bits per heavy atom. The molecule has 40 heavy (non-hydrogen) atoms. The van der Waals surface area contributed by atoms with Crippen LogP contribution in [0.25, 0.3) is 21.9 Å². The molecule has 0 fully saturated rings. The van der Waals surface area contributed by atoms with Crippen LogP contribution in [0, 0.1) is 0 Å². The zero-order valence-corrected chi connectivity index (χ0v) is 22.3. The molecule has 198 valence electrons. The second kappa shape index (κ2) is 11.1. The van der Waals surface area contributed by atoms with E-state index in [1.54, 1.807) is 6.07 Å². The van der Waals surface area contributed by atoms with Gasteiger partial charge in [0, 0.05) is 36.4 Å². The van der Waals surface area contributed by atoms with Gasteiger partial charge in [0.1, 0.15) is 0 Å². The van der Waals surface area contributed by atoms with E-state index in [2.05, 4.69) is 58.7 Å². The highest BCUT2D eigenvalue weighted by atomic mass is 16.2. The number of fused-ring (bicyclic) bond motifs is 2. The van der Waals surface area contributed by atoms with Gasteiger partial charge in [-0.1, -0.05) is 72.8 Å². The maximum Gasteiger partial charge on any atom is 0.251 e. The van der Waals surface area contributed by atoms with E-state index in [-0.39, 0.29) is 5.91 Å². The average Bonchev–Trinajstić information content (AvgIpc) is 2.99. The van der Waals surface area contributed by atoms with Crippen molar-refractivity contribution in [3.8, 4) is 11.1 Å². The van der Waals surface area contributed by atoms with Gasteiger partial charge < -0.3 is 16.0 Å². The minimum atomic E-state index is -0.428. The Balaban J connectivity index is 1.16. The number of primary amides is 1. The summed E-state index contributed by atoms with van der Waals surface area (Å²) in [6, 6.07) is 36.3. The lowest BCUT2D eigenvalue weighted by Gasteiger charge is -2.32. The van der Waals surface area contributed by atoms with Crippen LogP contribution >= 0.6 is 0 Å². The first-order chi connectivity index (χ1) is 19.5. The number of nitrogens with one attached hydrogen (secondary N) is 1. The first kappa shape index (κ1) is 25.4. The molecular weight excluding hydrogens is 494 g/mol. The quantitative estimate of drug-likeness (QED) is 0.255. The standard InChI is InChI=1S/C35H31N3O2/c36-34(39)32-13-4-3-12-31(32)28-10-5-7-25(20-28)23-38-18-6-11-29-21-30(16-17-33(29)38)35(40)37-22-24-14-15-26-8-1-2-9-27(26)19-24/h1-5,7-10,12-17,19-21H,6,11,18,22-23H2,(H2,36,39)(H,37,40). The van der Waals surface area contributed by atoms with Crippen LogP contribution in [-0.2, 0) is 19.5 Å². The predicted octanol–water partition coefficient (Wildman–Crippen LogP) is 6.49. The van der Waals surface area contributed by atoms with Gasteiger partial charge in [-0.2, -0.15) is 0 Å². The molecule has 5 nitrogen and oxygen atoms in total. The van der Waals surface area contributed by atoms with Crippen molar-refractivity contribution < 1.29 is 9.59 Å². The Morgan fingerprint density at radius 1 is 0.775 bits per heavy atom. The summed E-state index contributed by atoms with van der Waals surface area (Å²) in [6.07, 6.45) is 1.98. The van der Waals surface area contributed by atoms with Crippen molar-refractivity contribution in [2.24, 2.45) is 5.73 Å². The Bertz CT molecular complexity index is 1730. The van der Waals surface area contributed by atoms with Crippen molar-refractivity contribution in [1.82, 2.24) is 5.32 Å². The zero-order valence-electron chi connectivity index (χ0n) is 22.3. The molecular formula is C35H31N3O2. The lowest BCUT2D eigenvalue weighted by atomic mass is 9.96. The molecule has 1 aliphatic rings. The average molecular weight is 526 g/mol. The summed E-state index contributed by atoms with van der Waals surface area (Å²) in [5.74, 6) is -0.489. The van der Waals surface area contributed by atoms with Crippen LogP contribution in [0.5, 0.6) is 0 Å². The predicted molar refractivity (Wildman–Crippen MR) is 161 cm³/mol. The highest BCUT2D eigenvalue weighted by Crippen LogP contribution is 2.31. The maximum atomic E-state index is 13.0. The molecule has 0 bridgehead atoms. The molecule has 0 unspecified atom stereocenters. The summed E-state index contributed by atoms with van der Waals surface area (Å²) < 4.78 is 0. The number of hydrogen-bond acceptors (Lipinski definition) is 3. The van der Waals surface area contributed by atoms with E-state index in [0.717, 1.165) is 48.2 Å². The normalized spacial score (nSPS) is 12.7. The number of nitrogens with zero attached hydrogens (tertiary/aromatic N) is 1. The van der Waals surface area contributed by atoms with E-state index in [0.29, 0.717) is 17.7 Å². The monoisotopic (exact) mass is 525 g/mol. The molecule has 0 saturated heterocycles. The van der Waals surface area contributed by atoms with E-state index in [1.165, 1.54) is 22.0 Å². The molecule has 3 N–H and O–H groups in total. The minimum absolute atomic E-state index is 0.0612. The maximum absolute atomic E-state index is 13.0. The number of nitrogens with two attached hydrogens (primary N) is 1. The number of anilines is 1. The number of hydrogen-bond donors (Lipinski definition) is 2. The van der Waals surface area contributed by atoms with Crippen LogP contribution in [-0.4, -0.2) is 18.4 Å². The highest BCUT2D eigenvalue weighted by molar-refractivity contribution is 6.00. The van der Waals surface area contributed by atoms with Crippen molar-refractivity contribution >= 4 is 28.3 Å². The van der Waals surface area contributed by atoms with Crippen molar-refractivity contribution in [3.63, 3.8) is 0 Å². The summed E-state index contributed by atoms with van der Waals surface area (Å²) in [4.78, 5) is 27.4. The van der Waals surface area contributed by atoms with E-state index >= 15 is 0 Å². The summed E-state index contributed by atoms with van der Waals surface area (Å²) >= 11 is 0. The molecule has 0 aromatic heterocycles. The third kappa shape index (κ3) is 5.32. The fraction of sp³-hybridized carbons (Fsp3) is 0.143. The minimum Gasteiger partial charge on any atom is -0.367 e. The van der Waals surface area contributed by atoms with Crippen LogP contribution < -0.4 is 16.0 Å². The summed E-state index contributed by atoms with van der Waals surface area (Å²) in [6.45, 7) is 2.18. The molecule has 1 heterocycles. The number of carbonyl (C=O) groups is 2. The Morgan fingerprint density at radius 2 is 1.60 bits per heavy atom. The molecule has 5 aromatic rings. The molecule has 6 rings (SSSR count). The second-order valence-corrected chi connectivity index (χ2v) is 10.3. The van der Waals surface area contributed by atoms with Crippen LogP contribution in [0.4, 0.5) is 5.69 Å². The largest absolute Gasteiger partial charge is 0.367 e. The van der Waals surface area contributed by atoms with Gasteiger partial charge in [-0.05, 0) is 87.8 Å². The first-order valence-corrected chi connectivity index (χ1v) is 13.7. The molecule has 5 aromatic carbocycles. The van der Waals surface area contributed by atoms with E-state index < -0.39 is 5.91 Å². The van der Waals surface area contributed by atoms with Gasteiger partial charge in [-0.15, -0.1) is 0 Å². The number of aryl methyl sites for hydroxylation is 1. The third-order valence-electron chi connectivity index (χ3n) is 7.63. The van der Waals surface area contributed by atoms with Crippen LogP contribution in [0.3, 0.4) is 0 Å². The second-order valence-electron chi connectivity index (χ2n) is 10.3. The van der Waals surface area contributed by atoms with Gasteiger partial charge >= 0.3 is 0 Å². The van der Waals surface area contributed by atoms with Crippen molar-refractivity contribution in [2.45, 2.75) is 25.9 Å². The third-order valence-corrected chi connectivity index (χ3v) is 7.63. The molecule has 1 aliphatic heterocycles. The lowest BCUT2D eigenvalue weighted by Crippen LogP contribution is -2.29. The Labute approximate surface area is 234 Å². The molecule has 0 radical (unpaired) electrons. The van der Waals surface area contributed by atoms with Crippen LogP contribution in [0.15, 0.2) is 109 Å². The van der Waals surface area contributed by atoms with Gasteiger partial charge in [0.15, 0.2) is 0 Å². The van der Waals surface area contributed by atoms with Crippen LogP contribution in [0.1, 0.15) is 43.8 Å². The summed E-state index contributed by atoms with van der Waals surface area (Å²) in [7, 11) is 0. The summed E-state index contributed by atoms with van der Waals surface area (Å²) in [5.41, 5.74) is 13.2. The highest BCUT2D eigenvalue weighted by Gasteiger charge is 2.19. The van der Waals surface area contributed by atoms with Crippen LogP contribution in [0.2, 0.25) is 0 Å². The smallest absolute Gasteiger partial charge is 0.251 e. The Kier molecular flexibility index (Phi) is 7.02. The van der Waals surface area contributed by atoms with Gasteiger partial charge in [0.05, 0.1) is 0 Å². The molecule has 0 saturated carbocycles. The van der Waals surface area contributed by atoms with E-state index in [4.69, 9.17) is 5.73 Å². The van der Waals surface area contributed by atoms with E-state index in [9.17, 15) is 9.59 Å². The molecule has 0 atom stereocenters. The van der Waals surface area contributed by atoms with Crippen molar-refractivity contribution in [2.75, 3.05) is 11.4 Å². The SMILES string of the molecule is NC(=O)c1ccccc1-c1cccc(CN2CCCc3cc(C(=O)NCc4ccc5ccccc5c4)ccc32)c1. The Hall–Kier alpha value is -4.90. The molecule has 0 aliphatic carbocycles. The zero-order chi connectivity index (χ0) is 27.5. The van der Waals surface area contributed by atoms with Crippen molar-refractivity contribution in [3.05, 3.63) is 137 Å². The van der Waals surface area contributed by atoms with Gasteiger partial charge in [-0.25, -0.2) is 0 Å². The fourth-order valence-electron chi connectivity index (χ4n) is 5.62. The number of rotatable bonds is 7. The number of amides is 2. The molecule has 0 spiro atoms. The van der Waals surface area contributed by atoms with Gasteiger partial charge in [0.25, 0.3) is 5.91 Å². The number of benzene rings is 5. The van der Waals surface area contributed by atoms with E-state index in [1.807, 2.05) is 54.6 Å². The van der Waals surface area contributed by atoms with Gasteiger partial charge in [0.2, 0.25) is 5.91 Å². The topological polar surface area (TPSA) is 75.4 Å². The number of carbonyl (C=O) groups excluding carboxylic acids is 2.